The van der Waals surface area contributed by atoms with E-state index >= 15 is 0 Å². The molecule has 6 heteroatoms. The average Bonchev–Trinajstić information content (AvgIpc) is 2.26. The number of carboxylic acids is 1. The first-order valence-corrected chi connectivity index (χ1v) is 4.58. The largest absolute Gasteiger partial charge is 0.497 e. The van der Waals surface area contributed by atoms with Gasteiger partial charge in [-0.2, -0.15) is 0 Å². The molecule has 1 aromatic rings. The number of benzene rings is 1. The Morgan fingerprint density at radius 1 is 1.25 bits per heavy atom. The first-order valence-electron chi connectivity index (χ1n) is 4.20. The molecule has 0 saturated carbocycles. The van der Waals surface area contributed by atoms with Crippen LogP contribution in [0.5, 0.6) is 11.5 Å². The third-order valence-corrected chi connectivity index (χ3v) is 2.20. The van der Waals surface area contributed by atoms with Gasteiger partial charge in [0.1, 0.15) is 11.5 Å². The van der Waals surface area contributed by atoms with Crippen molar-refractivity contribution < 1.29 is 24.2 Å². The third kappa shape index (κ3) is 2.25. The molecular formula is C10H9ClO5. The Kier molecular flexibility index (Phi) is 3.73. The molecule has 0 spiro atoms. The Bertz CT molecular complexity index is 441. The predicted octanol–water partition coefficient (Wildman–Crippen LogP) is 1.62. The summed E-state index contributed by atoms with van der Waals surface area (Å²) in [4.78, 5) is 21.9. The molecule has 16 heavy (non-hydrogen) atoms. The van der Waals surface area contributed by atoms with Gasteiger partial charge in [-0.05, 0) is 6.07 Å². The molecule has 0 fully saturated rings. The topological polar surface area (TPSA) is 72.8 Å². The van der Waals surface area contributed by atoms with Crippen LogP contribution in [0.15, 0.2) is 12.1 Å². The van der Waals surface area contributed by atoms with Crippen molar-refractivity contribution in [2.45, 2.75) is 0 Å². The molecule has 0 aliphatic rings. The summed E-state index contributed by atoms with van der Waals surface area (Å²) >= 11 is 5.79. The Morgan fingerprint density at radius 2 is 1.88 bits per heavy atom. The van der Waals surface area contributed by atoms with Crippen molar-refractivity contribution in [2.24, 2.45) is 0 Å². The fraction of sp³-hybridized carbons (Fsp3) is 0.200. The molecular weight excluding hydrogens is 236 g/mol. The van der Waals surface area contributed by atoms with E-state index in [0.717, 1.165) is 0 Å². The summed E-state index contributed by atoms with van der Waals surface area (Å²) in [5.74, 6) is -2.27. The van der Waals surface area contributed by atoms with E-state index < -0.39 is 11.8 Å². The lowest BCUT2D eigenvalue weighted by Gasteiger charge is -2.09. The summed E-state index contributed by atoms with van der Waals surface area (Å²) < 4.78 is 9.80. The fourth-order valence-corrected chi connectivity index (χ4v) is 1.45. The van der Waals surface area contributed by atoms with Crippen molar-refractivity contribution >= 4 is 23.4 Å². The molecule has 5 nitrogen and oxygen atoms in total. The zero-order valence-corrected chi connectivity index (χ0v) is 9.37. The fourth-order valence-electron chi connectivity index (χ4n) is 1.16. The molecule has 0 aromatic heterocycles. The quantitative estimate of drug-likeness (QED) is 0.644. The number of hydrogen-bond donors (Lipinski definition) is 1. The second kappa shape index (κ2) is 4.85. The first kappa shape index (κ1) is 12.3. The molecule has 1 N–H and O–H groups in total. The second-order valence-electron chi connectivity index (χ2n) is 2.82. The van der Waals surface area contributed by atoms with Gasteiger partial charge in [-0.15, -0.1) is 0 Å². The third-order valence-electron chi connectivity index (χ3n) is 1.90. The summed E-state index contributed by atoms with van der Waals surface area (Å²) in [6, 6.07) is 2.74. The van der Waals surface area contributed by atoms with Gasteiger partial charge in [-0.3, -0.25) is 4.79 Å². The van der Waals surface area contributed by atoms with E-state index in [1.807, 2.05) is 0 Å². The minimum atomic E-state index is -1.59. The van der Waals surface area contributed by atoms with Gasteiger partial charge in [0.2, 0.25) is 0 Å². The highest BCUT2D eigenvalue weighted by Crippen LogP contribution is 2.32. The second-order valence-corrected chi connectivity index (χ2v) is 3.23. The SMILES string of the molecule is COc1cc(Cl)c(C(=O)C(=O)O)c(OC)c1. The summed E-state index contributed by atoms with van der Waals surface area (Å²) in [6.45, 7) is 0. The Balaban J connectivity index is 3.38. The van der Waals surface area contributed by atoms with Crippen LogP contribution in [0.3, 0.4) is 0 Å². The van der Waals surface area contributed by atoms with Crippen LogP contribution < -0.4 is 9.47 Å². The highest BCUT2D eigenvalue weighted by molar-refractivity contribution is 6.45. The standard InChI is InChI=1S/C10H9ClO5/c1-15-5-3-6(11)8(7(4-5)16-2)9(12)10(13)14/h3-4H,1-2H3,(H,13,14). The lowest BCUT2D eigenvalue weighted by molar-refractivity contribution is -0.131. The van der Waals surface area contributed by atoms with Crippen LogP contribution in [0.2, 0.25) is 5.02 Å². The van der Waals surface area contributed by atoms with Gasteiger partial charge in [-0.25, -0.2) is 4.79 Å². The Morgan fingerprint density at radius 3 is 2.31 bits per heavy atom. The van der Waals surface area contributed by atoms with Gasteiger partial charge < -0.3 is 14.6 Å². The molecule has 0 bridgehead atoms. The minimum Gasteiger partial charge on any atom is -0.497 e. The maximum Gasteiger partial charge on any atom is 0.377 e. The van der Waals surface area contributed by atoms with Gasteiger partial charge in [0.05, 0.1) is 24.8 Å². The van der Waals surface area contributed by atoms with Crippen molar-refractivity contribution in [3.63, 3.8) is 0 Å². The number of methoxy groups -OCH3 is 2. The van der Waals surface area contributed by atoms with Crippen molar-refractivity contribution in [1.29, 1.82) is 0 Å². The molecule has 0 amide bonds. The van der Waals surface area contributed by atoms with Crippen molar-refractivity contribution in [2.75, 3.05) is 14.2 Å². The van der Waals surface area contributed by atoms with Gasteiger partial charge in [0.25, 0.3) is 5.78 Å². The lowest BCUT2D eigenvalue weighted by Crippen LogP contribution is -2.14. The molecule has 0 heterocycles. The van der Waals surface area contributed by atoms with Crippen LogP contribution in [0, 0.1) is 0 Å². The van der Waals surface area contributed by atoms with Crippen LogP contribution >= 0.6 is 11.6 Å². The van der Waals surface area contributed by atoms with Crippen LogP contribution in [-0.2, 0) is 4.79 Å². The molecule has 0 aliphatic heterocycles. The molecule has 0 atom stereocenters. The van der Waals surface area contributed by atoms with E-state index in [4.69, 9.17) is 26.2 Å². The van der Waals surface area contributed by atoms with E-state index in [2.05, 4.69) is 0 Å². The van der Waals surface area contributed by atoms with Crippen LogP contribution in [-0.4, -0.2) is 31.1 Å². The molecule has 0 saturated heterocycles. The van der Waals surface area contributed by atoms with Gasteiger partial charge in [0.15, 0.2) is 0 Å². The molecule has 0 radical (unpaired) electrons. The van der Waals surface area contributed by atoms with Gasteiger partial charge in [0, 0.05) is 6.07 Å². The van der Waals surface area contributed by atoms with Crippen LogP contribution in [0.4, 0.5) is 0 Å². The van der Waals surface area contributed by atoms with E-state index in [1.54, 1.807) is 0 Å². The highest BCUT2D eigenvalue weighted by Gasteiger charge is 2.23. The average molecular weight is 245 g/mol. The maximum atomic E-state index is 11.3. The first-order chi connectivity index (χ1) is 7.51. The number of carboxylic acid groups (broad SMARTS) is 1. The molecule has 86 valence electrons. The number of rotatable bonds is 4. The number of Topliss-reactive ketones (excluding diaryl/α,β-unsaturated/α-hetero) is 1. The normalized spacial score (nSPS) is 9.69. The monoisotopic (exact) mass is 244 g/mol. The number of halogens is 1. The Hall–Kier alpha value is -1.75. The van der Waals surface area contributed by atoms with Crippen LogP contribution in [0.25, 0.3) is 0 Å². The van der Waals surface area contributed by atoms with Crippen LogP contribution in [0.1, 0.15) is 10.4 Å². The molecule has 0 aliphatic carbocycles. The molecule has 1 aromatic carbocycles. The maximum absolute atomic E-state index is 11.3. The smallest absolute Gasteiger partial charge is 0.377 e. The zero-order chi connectivity index (χ0) is 12.3. The number of carbonyl (C=O) groups is 2. The van der Waals surface area contributed by atoms with Crippen molar-refractivity contribution in [1.82, 2.24) is 0 Å². The van der Waals surface area contributed by atoms with Crippen molar-refractivity contribution in [3.8, 4) is 11.5 Å². The lowest BCUT2D eigenvalue weighted by atomic mass is 10.1. The summed E-state index contributed by atoms with van der Waals surface area (Å²) in [6.07, 6.45) is 0. The Labute approximate surface area is 96.5 Å². The number of hydrogen-bond acceptors (Lipinski definition) is 4. The molecule has 1 rings (SSSR count). The highest BCUT2D eigenvalue weighted by atomic mass is 35.5. The van der Waals surface area contributed by atoms with Gasteiger partial charge in [-0.1, -0.05) is 11.6 Å². The molecule has 0 unspecified atom stereocenters. The van der Waals surface area contributed by atoms with Gasteiger partial charge >= 0.3 is 5.97 Å². The summed E-state index contributed by atoms with van der Waals surface area (Å²) in [7, 11) is 2.73. The number of ether oxygens (including phenoxy) is 2. The summed E-state index contributed by atoms with van der Waals surface area (Å²) in [5, 5.41) is 8.59. The number of ketones is 1. The zero-order valence-electron chi connectivity index (χ0n) is 8.61. The van der Waals surface area contributed by atoms with E-state index in [9.17, 15) is 9.59 Å². The van der Waals surface area contributed by atoms with E-state index in [0.29, 0.717) is 5.75 Å². The van der Waals surface area contributed by atoms with E-state index in [1.165, 1.54) is 26.4 Å². The number of aliphatic carboxylic acids is 1. The summed E-state index contributed by atoms with van der Waals surface area (Å²) in [5.41, 5.74) is -0.183. The van der Waals surface area contributed by atoms with Crippen molar-refractivity contribution in [3.05, 3.63) is 22.7 Å². The number of carbonyl (C=O) groups excluding carboxylic acids is 1. The predicted molar refractivity (Wildman–Crippen MR) is 56.5 cm³/mol. The minimum absolute atomic E-state index is 0.0244. The van der Waals surface area contributed by atoms with E-state index in [-0.39, 0.29) is 16.3 Å².